The zero-order chi connectivity index (χ0) is 20.4. The smallest absolute Gasteiger partial charge is 0.256 e. The molecular weight excluding hydrogens is 475 g/mol. The summed E-state index contributed by atoms with van der Waals surface area (Å²) < 4.78 is 6.87. The predicted octanol–water partition coefficient (Wildman–Crippen LogP) is 6.87. The van der Waals surface area contributed by atoms with Crippen molar-refractivity contribution in [2.75, 3.05) is 5.32 Å². The average molecular weight is 496 g/mol. The molecule has 0 aliphatic heterocycles. The Hall–Kier alpha value is -2.67. The normalized spacial score (nSPS) is 12.1. The molecule has 1 atom stereocenters. The van der Waals surface area contributed by atoms with Gasteiger partial charge in [-0.1, -0.05) is 38.1 Å². The van der Waals surface area contributed by atoms with Crippen molar-refractivity contribution in [3.8, 4) is 11.5 Å². The maximum absolute atomic E-state index is 12.6. The van der Waals surface area contributed by atoms with E-state index in [1.165, 1.54) is 5.56 Å². The van der Waals surface area contributed by atoms with Crippen LogP contribution in [0.3, 0.4) is 0 Å². The third-order valence-electron chi connectivity index (χ3n) is 5.08. The number of hydrogen-bond donors (Lipinski definition) is 1. The van der Waals surface area contributed by atoms with Crippen LogP contribution in [0.2, 0.25) is 0 Å². The minimum atomic E-state index is -0.136. The number of anilines is 1. The maximum atomic E-state index is 12.6. The van der Waals surface area contributed by atoms with Crippen LogP contribution >= 0.6 is 22.6 Å². The van der Waals surface area contributed by atoms with Gasteiger partial charge in [-0.2, -0.15) is 0 Å². The van der Waals surface area contributed by atoms with Gasteiger partial charge in [0.2, 0.25) is 5.89 Å². The molecule has 0 saturated heterocycles. The minimum absolute atomic E-state index is 0.136. The van der Waals surface area contributed by atoms with E-state index in [-0.39, 0.29) is 5.91 Å². The van der Waals surface area contributed by atoms with E-state index in [4.69, 9.17) is 4.42 Å². The molecule has 0 bridgehead atoms. The molecule has 0 fully saturated rings. The molecule has 0 spiro atoms. The maximum Gasteiger partial charge on any atom is 0.256 e. The van der Waals surface area contributed by atoms with Crippen LogP contribution in [-0.2, 0) is 0 Å². The van der Waals surface area contributed by atoms with E-state index < -0.39 is 0 Å². The molecule has 1 aromatic heterocycles. The van der Waals surface area contributed by atoms with Crippen molar-refractivity contribution in [3.05, 3.63) is 81.4 Å². The van der Waals surface area contributed by atoms with Gasteiger partial charge in [-0.15, -0.1) is 0 Å². The summed E-state index contributed by atoms with van der Waals surface area (Å²) in [6.07, 6.45) is 1.08. The van der Waals surface area contributed by atoms with Crippen LogP contribution in [0.1, 0.15) is 42.1 Å². The van der Waals surface area contributed by atoms with Gasteiger partial charge in [0.05, 0.1) is 5.56 Å². The highest BCUT2D eigenvalue weighted by Crippen LogP contribution is 2.29. The lowest BCUT2D eigenvalue weighted by atomic mass is 9.98. The summed E-state index contributed by atoms with van der Waals surface area (Å²) in [5, 5.41) is 2.96. The first-order valence-corrected chi connectivity index (χ1v) is 10.7. The second kappa shape index (κ2) is 8.37. The third kappa shape index (κ3) is 4.19. The van der Waals surface area contributed by atoms with Gasteiger partial charge in [-0.3, -0.25) is 4.79 Å². The van der Waals surface area contributed by atoms with Crippen molar-refractivity contribution in [1.82, 2.24) is 4.98 Å². The molecule has 3 aromatic carbocycles. The van der Waals surface area contributed by atoms with Crippen LogP contribution in [-0.4, -0.2) is 10.9 Å². The molecule has 4 rings (SSSR count). The van der Waals surface area contributed by atoms with E-state index in [9.17, 15) is 4.79 Å². The Kier molecular flexibility index (Phi) is 5.67. The lowest BCUT2D eigenvalue weighted by Gasteiger charge is -2.07. The highest BCUT2D eigenvalue weighted by molar-refractivity contribution is 14.1. The molecule has 4 aromatic rings. The highest BCUT2D eigenvalue weighted by atomic mass is 127. The van der Waals surface area contributed by atoms with Crippen LogP contribution in [0.25, 0.3) is 22.6 Å². The number of aromatic nitrogens is 1. The van der Waals surface area contributed by atoms with E-state index >= 15 is 0 Å². The quantitative estimate of drug-likeness (QED) is 0.307. The molecule has 0 aliphatic carbocycles. The van der Waals surface area contributed by atoms with Crippen LogP contribution < -0.4 is 5.32 Å². The van der Waals surface area contributed by atoms with Crippen LogP contribution in [0.5, 0.6) is 0 Å². The zero-order valence-electron chi connectivity index (χ0n) is 16.3. The fraction of sp³-hybridized carbons (Fsp3) is 0.167. The Morgan fingerprint density at radius 3 is 2.72 bits per heavy atom. The number of nitrogens with one attached hydrogen (secondary N) is 1. The molecule has 4 nitrogen and oxygen atoms in total. The van der Waals surface area contributed by atoms with Crippen molar-refractivity contribution < 1.29 is 9.21 Å². The van der Waals surface area contributed by atoms with Gasteiger partial charge in [0.1, 0.15) is 5.52 Å². The van der Waals surface area contributed by atoms with Crippen molar-refractivity contribution >= 4 is 45.3 Å². The Labute approximate surface area is 183 Å². The molecule has 1 heterocycles. The summed E-state index contributed by atoms with van der Waals surface area (Å²) in [6, 6.07) is 21.3. The summed E-state index contributed by atoms with van der Waals surface area (Å²) >= 11 is 2.17. The van der Waals surface area contributed by atoms with Crippen LogP contribution in [0.4, 0.5) is 5.69 Å². The fourth-order valence-corrected chi connectivity index (χ4v) is 3.82. The SMILES string of the molecule is CC[C@H](C)c1ccc2oc(-c3cccc(NC(=O)c4ccccc4I)c3)nc2c1. The number of nitrogens with zero attached hydrogens (tertiary/aromatic N) is 1. The summed E-state index contributed by atoms with van der Waals surface area (Å²) in [6.45, 7) is 4.39. The first-order chi connectivity index (χ1) is 14.0. The van der Waals surface area contributed by atoms with Crippen molar-refractivity contribution in [2.24, 2.45) is 0 Å². The number of benzene rings is 3. The number of oxazole rings is 1. The van der Waals surface area contributed by atoms with Crippen LogP contribution in [0.15, 0.2) is 71.1 Å². The van der Waals surface area contributed by atoms with Gasteiger partial charge in [0, 0.05) is 14.8 Å². The van der Waals surface area contributed by atoms with Gasteiger partial charge in [0.15, 0.2) is 5.58 Å². The summed E-state index contributed by atoms with van der Waals surface area (Å²) in [5.41, 5.74) is 5.06. The number of carbonyl (C=O) groups excluding carboxylic acids is 1. The molecule has 0 radical (unpaired) electrons. The number of halogens is 1. The molecule has 0 saturated carbocycles. The standard InChI is InChI=1S/C24H21IN2O2/c1-3-15(2)16-11-12-22-21(14-16)27-24(29-22)17-7-6-8-18(13-17)26-23(28)19-9-4-5-10-20(19)25/h4-15H,3H2,1-2H3,(H,26,28)/t15-/m0/s1. The van der Waals surface area contributed by atoms with Gasteiger partial charge < -0.3 is 9.73 Å². The summed E-state index contributed by atoms with van der Waals surface area (Å²) in [7, 11) is 0. The Balaban J connectivity index is 1.61. The van der Waals surface area contributed by atoms with Gasteiger partial charge in [0.25, 0.3) is 5.91 Å². The third-order valence-corrected chi connectivity index (χ3v) is 6.02. The molecule has 5 heteroatoms. The van der Waals surface area contributed by atoms with Gasteiger partial charge in [-0.25, -0.2) is 4.98 Å². The second-order valence-electron chi connectivity index (χ2n) is 7.07. The number of carbonyl (C=O) groups is 1. The van der Waals surface area contributed by atoms with Crippen molar-refractivity contribution in [1.29, 1.82) is 0 Å². The predicted molar refractivity (Wildman–Crippen MR) is 125 cm³/mol. The Morgan fingerprint density at radius 1 is 1.10 bits per heavy atom. The van der Waals surface area contributed by atoms with E-state index in [0.29, 0.717) is 23.1 Å². The molecule has 146 valence electrons. The van der Waals surface area contributed by atoms with Crippen LogP contribution in [0, 0.1) is 3.57 Å². The monoisotopic (exact) mass is 496 g/mol. The van der Waals surface area contributed by atoms with E-state index in [0.717, 1.165) is 26.7 Å². The lowest BCUT2D eigenvalue weighted by molar-refractivity contribution is 0.102. The van der Waals surface area contributed by atoms with Gasteiger partial charge in [-0.05, 0) is 83.0 Å². The first-order valence-electron chi connectivity index (χ1n) is 9.62. The number of rotatable bonds is 5. The highest BCUT2D eigenvalue weighted by Gasteiger charge is 2.13. The fourth-order valence-electron chi connectivity index (χ4n) is 3.18. The molecule has 0 aliphatic rings. The van der Waals surface area contributed by atoms with E-state index in [1.807, 2.05) is 54.6 Å². The molecule has 1 amide bonds. The Bertz CT molecular complexity index is 1180. The minimum Gasteiger partial charge on any atom is -0.436 e. The number of hydrogen-bond acceptors (Lipinski definition) is 3. The topological polar surface area (TPSA) is 55.1 Å². The van der Waals surface area contributed by atoms with Crippen molar-refractivity contribution in [3.63, 3.8) is 0 Å². The first kappa shape index (κ1) is 19.6. The number of amides is 1. The van der Waals surface area contributed by atoms with E-state index in [1.54, 1.807) is 0 Å². The molecule has 0 unspecified atom stereocenters. The summed E-state index contributed by atoms with van der Waals surface area (Å²) in [4.78, 5) is 17.3. The largest absolute Gasteiger partial charge is 0.436 e. The lowest BCUT2D eigenvalue weighted by Crippen LogP contribution is -2.13. The second-order valence-corrected chi connectivity index (χ2v) is 8.23. The molecule has 29 heavy (non-hydrogen) atoms. The summed E-state index contributed by atoms with van der Waals surface area (Å²) in [5.74, 6) is 0.897. The average Bonchev–Trinajstić information content (AvgIpc) is 3.17. The zero-order valence-corrected chi connectivity index (χ0v) is 18.4. The Morgan fingerprint density at radius 2 is 1.93 bits per heavy atom. The molecular formula is C24H21IN2O2. The van der Waals surface area contributed by atoms with Crippen molar-refractivity contribution in [2.45, 2.75) is 26.2 Å². The molecule has 1 N–H and O–H groups in total. The number of fused-ring (bicyclic) bond motifs is 1. The van der Waals surface area contributed by atoms with Gasteiger partial charge >= 0.3 is 0 Å². The van der Waals surface area contributed by atoms with E-state index in [2.05, 4.69) is 58.9 Å².